The SMILES string of the molecule is CCOC(=O)c1cc([N+](=O)[O-])c(CBr)n1Cc1ccc(F)cc1. The van der Waals surface area contributed by atoms with E-state index in [1.54, 1.807) is 19.1 Å². The Labute approximate surface area is 140 Å². The average Bonchev–Trinajstić information content (AvgIpc) is 2.88. The molecule has 0 radical (unpaired) electrons. The summed E-state index contributed by atoms with van der Waals surface area (Å²) in [4.78, 5) is 22.7. The average molecular weight is 385 g/mol. The van der Waals surface area contributed by atoms with Crippen LogP contribution in [0.1, 0.15) is 28.7 Å². The molecule has 0 amide bonds. The number of esters is 1. The van der Waals surface area contributed by atoms with Crippen LogP contribution in [-0.4, -0.2) is 22.1 Å². The predicted octanol–water partition coefficient (Wildman–Crippen LogP) is 3.66. The molecule has 2 rings (SSSR count). The highest BCUT2D eigenvalue weighted by Crippen LogP contribution is 2.27. The summed E-state index contributed by atoms with van der Waals surface area (Å²) in [6, 6.07) is 6.93. The largest absolute Gasteiger partial charge is 0.461 e. The lowest BCUT2D eigenvalue weighted by Crippen LogP contribution is -2.14. The van der Waals surface area contributed by atoms with Crippen molar-refractivity contribution >= 4 is 27.6 Å². The first kappa shape index (κ1) is 17.1. The first-order chi connectivity index (χ1) is 11.0. The van der Waals surface area contributed by atoms with Crippen LogP contribution in [0.4, 0.5) is 10.1 Å². The maximum Gasteiger partial charge on any atom is 0.355 e. The summed E-state index contributed by atoms with van der Waals surface area (Å²) in [6.07, 6.45) is 0. The van der Waals surface area contributed by atoms with Crippen LogP contribution in [-0.2, 0) is 16.6 Å². The predicted molar refractivity (Wildman–Crippen MR) is 85.2 cm³/mol. The molecule has 1 heterocycles. The molecule has 122 valence electrons. The van der Waals surface area contributed by atoms with Crippen LogP contribution in [0.5, 0.6) is 0 Å². The third-order valence-corrected chi connectivity index (χ3v) is 3.78. The molecule has 2 aromatic rings. The van der Waals surface area contributed by atoms with Gasteiger partial charge >= 0.3 is 5.97 Å². The number of alkyl halides is 1. The standard InChI is InChI=1S/C15H14BrFN2O4/c1-2-23-15(20)13-7-12(19(21)22)14(8-16)18(13)9-10-3-5-11(17)6-4-10/h3-7H,2,8-9H2,1H3. The van der Waals surface area contributed by atoms with Gasteiger partial charge in [-0.15, -0.1) is 0 Å². The summed E-state index contributed by atoms with van der Waals surface area (Å²) in [5.41, 5.74) is 0.997. The number of nitrogens with zero attached hydrogens (tertiary/aromatic N) is 2. The number of aromatic nitrogens is 1. The van der Waals surface area contributed by atoms with Gasteiger partial charge in [-0.3, -0.25) is 10.1 Å². The van der Waals surface area contributed by atoms with Gasteiger partial charge in [-0.25, -0.2) is 9.18 Å². The van der Waals surface area contributed by atoms with Gasteiger partial charge in [-0.1, -0.05) is 28.1 Å². The van der Waals surface area contributed by atoms with Gasteiger partial charge < -0.3 is 9.30 Å². The van der Waals surface area contributed by atoms with E-state index in [-0.39, 0.29) is 35.7 Å². The third kappa shape index (κ3) is 3.76. The molecule has 8 heteroatoms. The first-order valence-corrected chi connectivity index (χ1v) is 7.94. The van der Waals surface area contributed by atoms with Crippen LogP contribution < -0.4 is 0 Å². The van der Waals surface area contributed by atoms with E-state index < -0.39 is 10.9 Å². The van der Waals surface area contributed by atoms with Crippen LogP contribution in [0, 0.1) is 15.9 Å². The molecule has 23 heavy (non-hydrogen) atoms. The van der Waals surface area contributed by atoms with Crippen LogP contribution in [0.3, 0.4) is 0 Å². The molecule has 0 aliphatic carbocycles. The van der Waals surface area contributed by atoms with Crippen molar-refractivity contribution in [3.05, 3.63) is 63.2 Å². The van der Waals surface area contributed by atoms with E-state index in [9.17, 15) is 19.3 Å². The summed E-state index contributed by atoms with van der Waals surface area (Å²) in [5.74, 6) is -1.01. The Kier molecular flexibility index (Phi) is 5.49. The number of benzene rings is 1. The number of carbonyl (C=O) groups excluding carboxylic acids is 1. The number of hydrogen-bond donors (Lipinski definition) is 0. The zero-order chi connectivity index (χ0) is 17.0. The van der Waals surface area contributed by atoms with Crippen molar-refractivity contribution in [2.75, 3.05) is 6.61 Å². The van der Waals surface area contributed by atoms with Crippen molar-refractivity contribution in [2.45, 2.75) is 18.8 Å². The summed E-state index contributed by atoms with van der Waals surface area (Å²) >= 11 is 3.22. The third-order valence-electron chi connectivity index (χ3n) is 3.25. The molecule has 1 aromatic heterocycles. The van der Waals surface area contributed by atoms with Gasteiger partial charge in [0.15, 0.2) is 0 Å². The van der Waals surface area contributed by atoms with E-state index in [0.29, 0.717) is 11.3 Å². The Balaban J connectivity index is 2.51. The van der Waals surface area contributed by atoms with E-state index in [4.69, 9.17) is 4.74 Å². The molecule has 0 unspecified atom stereocenters. The zero-order valence-corrected chi connectivity index (χ0v) is 13.9. The molecule has 0 spiro atoms. The molecular weight excluding hydrogens is 371 g/mol. The lowest BCUT2D eigenvalue weighted by atomic mass is 10.2. The molecule has 0 atom stereocenters. The van der Waals surface area contributed by atoms with Crippen molar-refractivity contribution in [1.29, 1.82) is 0 Å². The van der Waals surface area contributed by atoms with Crippen molar-refractivity contribution in [3.8, 4) is 0 Å². The number of rotatable bonds is 6. The normalized spacial score (nSPS) is 10.6. The second-order valence-electron chi connectivity index (χ2n) is 4.69. The molecule has 0 saturated heterocycles. The minimum Gasteiger partial charge on any atom is -0.461 e. The summed E-state index contributed by atoms with van der Waals surface area (Å²) in [7, 11) is 0. The molecule has 0 bridgehead atoms. The van der Waals surface area contributed by atoms with E-state index in [2.05, 4.69) is 15.9 Å². The van der Waals surface area contributed by atoms with Gasteiger partial charge in [0.05, 0.1) is 16.9 Å². The van der Waals surface area contributed by atoms with Crippen LogP contribution in [0.2, 0.25) is 0 Å². The Bertz CT molecular complexity index is 728. The molecule has 0 saturated carbocycles. The minimum atomic E-state index is -0.634. The van der Waals surface area contributed by atoms with Crippen molar-refractivity contribution < 1.29 is 18.8 Å². The van der Waals surface area contributed by atoms with E-state index in [1.807, 2.05) is 0 Å². The summed E-state index contributed by atoms with van der Waals surface area (Å²) < 4.78 is 19.5. The Morgan fingerprint density at radius 2 is 2.04 bits per heavy atom. The monoisotopic (exact) mass is 384 g/mol. The minimum absolute atomic E-state index is 0.0947. The van der Waals surface area contributed by atoms with Gasteiger partial charge in [0, 0.05) is 12.6 Å². The Morgan fingerprint density at radius 1 is 1.39 bits per heavy atom. The van der Waals surface area contributed by atoms with E-state index >= 15 is 0 Å². The summed E-state index contributed by atoms with van der Waals surface area (Å²) in [6.45, 7) is 2.02. The Hall–Kier alpha value is -2.22. The fourth-order valence-corrected chi connectivity index (χ4v) is 2.79. The molecule has 0 aliphatic heterocycles. The van der Waals surface area contributed by atoms with E-state index in [0.717, 1.165) is 0 Å². The van der Waals surface area contributed by atoms with Gasteiger partial charge in [-0.05, 0) is 24.6 Å². The Morgan fingerprint density at radius 3 is 2.57 bits per heavy atom. The highest BCUT2D eigenvalue weighted by atomic mass is 79.9. The van der Waals surface area contributed by atoms with Crippen LogP contribution in [0.15, 0.2) is 30.3 Å². The second kappa shape index (κ2) is 7.36. The topological polar surface area (TPSA) is 74.4 Å². The fraction of sp³-hybridized carbons (Fsp3) is 0.267. The second-order valence-corrected chi connectivity index (χ2v) is 5.25. The number of hydrogen-bond acceptors (Lipinski definition) is 4. The van der Waals surface area contributed by atoms with Gasteiger partial charge in [0.25, 0.3) is 5.69 Å². The zero-order valence-electron chi connectivity index (χ0n) is 12.3. The summed E-state index contributed by atoms with van der Waals surface area (Å²) in [5, 5.41) is 11.4. The van der Waals surface area contributed by atoms with Crippen molar-refractivity contribution in [2.24, 2.45) is 0 Å². The number of carbonyl (C=O) groups is 1. The lowest BCUT2D eigenvalue weighted by Gasteiger charge is -2.11. The number of ether oxygens (including phenoxy) is 1. The number of nitro groups is 1. The van der Waals surface area contributed by atoms with Gasteiger partial charge in [0.2, 0.25) is 0 Å². The highest BCUT2D eigenvalue weighted by molar-refractivity contribution is 9.08. The molecule has 0 N–H and O–H groups in total. The lowest BCUT2D eigenvalue weighted by molar-refractivity contribution is -0.385. The molecule has 1 aromatic carbocycles. The maximum absolute atomic E-state index is 13.0. The van der Waals surface area contributed by atoms with Gasteiger partial charge in [-0.2, -0.15) is 0 Å². The maximum atomic E-state index is 13.0. The van der Waals surface area contributed by atoms with Crippen LogP contribution >= 0.6 is 15.9 Å². The molecule has 0 fully saturated rings. The van der Waals surface area contributed by atoms with Gasteiger partial charge in [0.1, 0.15) is 17.2 Å². The highest BCUT2D eigenvalue weighted by Gasteiger charge is 2.26. The molecule has 6 nitrogen and oxygen atoms in total. The first-order valence-electron chi connectivity index (χ1n) is 6.82. The quantitative estimate of drug-likeness (QED) is 0.329. The molecular formula is C15H14BrFN2O4. The fourth-order valence-electron chi connectivity index (χ4n) is 2.20. The van der Waals surface area contributed by atoms with E-state index in [1.165, 1.54) is 22.8 Å². The van der Waals surface area contributed by atoms with Crippen molar-refractivity contribution in [3.63, 3.8) is 0 Å². The van der Waals surface area contributed by atoms with Crippen molar-refractivity contribution in [1.82, 2.24) is 4.57 Å². The molecule has 0 aliphatic rings. The van der Waals surface area contributed by atoms with Crippen LogP contribution in [0.25, 0.3) is 0 Å². The number of halogens is 2. The smallest absolute Gasteiger partial charge is 0.355 e.